The highest BCUT2D eigenvalue weighted by molar-refractivity contribution is 6.32. The van der Waals surface area contributed by atoms with E-state index in [4.69, 9.17) is 16.6 Å². The van der Waals surface area contributed by atoms with Gasteiger partial charge in [0, 0.05) is 60.5 Å². The molecule has 3 aliphatic rings. The quantitative estimate of drug-likeness (QED) is 0.134. The summed E-state index contributed by atoms with van der Waals surface area (Å²) in [6, 6.07) is 22.0. The lowest BCUT2D eigenvalue weighted by Crippen LogP contribution is -2.50. The number of nitro benzene ring substituents is 1. The van der Waals surface area contributed by atoms with Crippen molar-refractivity contribution in [1.29, 1.82) is 0 Å². The minimum Gasteiger partial charge on any atom is -0.371 e. The first kappa shape index (κ1) is 34.8. The number of non-ortho nitro benzene ring substituents is 1. The molecule has 10 nitrogen and oxygen atoms in total. The van der Waals surface area contributed by atoms with E-state index in [0.29, 0.717) is 22.7 Å². The molecule has 1 amide bonds. The normalized spacial score (nSPS) is 20.5. The molecule has 3 heterocycles. The number of halogens is 2. The van der Waals surface area contributed by atoms with Crippen LogP contribution in [0.2, 0.25) is 5.02 Å². The van der Waals surface area contributed by atoms with Gasteiger partial charge in [0.05, 0.1) is 21.8 Å². The summed E-state index contributed by atoms with van der Waals surface area (Å²) in [6.45, 7) is 3.74. The van der Waals surface area contributed by atoms with Crippen LogP contribution in [0.4, 0.5) is 21.7 Å². The van der Waals surface area contributed by atoms with Crippen LogP contribution in [0.5, 0.6) is 0 Å². The van der Waals surface area contributed by atoms with Crippen LogP contribution in [-0.4, -0.2) is 70.0 Å². The molecule has 1 aromatic heterocycles. The Bertz CT molecular complexity index is 1820. The van der Waals surface area contributed by atoms with E-state index < -0.39 is 0 Å². The zero-order valence-electron chi connectivity index (χ0n) is 28.5. The number of nitrogens with one attached hydrogen (secondary N) is 2. The third-order valence-electron chi connectivity index (χ3n) is 10.8. The van der Waals surface area contributed by atoms with Crippen LogP contribution in [0, 0.1) is 21.8 Å². The number of rotatable bonds is 9. The molecular formula is C39H43ClFN7O3. The lowest BCUT2D eigenvalue weighted by Gasteiger charge is -2.42. The van der Waals surface area contributed by atoms with Crippen LogP contribution >= 0.6 is 11.6 Å². The summed E-state index contributed by atoms with van der Waals surface area (Å²) in [5, 5.41) is 18.3. The van der Waals surface area contributed by atoms with Crippen molar-refractivity contribution in [3.05, 3.63) is 99.9 Å². The van der Waals surface area contributed by atoms with Gasteiger partial charge in [0.1, 0.15) is 5.82 Å². The van der Waals surface area contributed by atoms with Crippen LogP contribution in [0.15, 0.2) is 79.0 Å². The number of anilines is 2. The third kappa shape index (κ3) is 8.48. The Morgan fingerprint density at radius 2 is 1.49 bits per heavy atom. The first-order chi connectivity index (χ1) is 24.8. The van der Waals surface area contributed by atoms with Crippen molar-refractivity contribution in [1.82, 2.24) is 20.2 Å². The number of nitro groups is 1. The molecule has 266 valence electrons. The Morgan fingerprint density at radius 1 is 0.824 bits per heavy atom. The smallest absolute Gasteiger partial charge is 0.269 e. The second-order valence-corrected chi connectivity index (χ2v) is 14.4. The van der Waals surface area contributed by atoms with Crippen molar-refractivity contribution in [3.63, 3.8) is 0 Å². The van der Waals surface area contributed by atoms with Gasteiger partial charge in [-0.15, -0.1) is 0 Å². The van der Waals surface area contributed by atoms with Crippen molar-refractivity contribution < 1.29 is 14.1 Å². The molecule has 4 aromatic rings. The van der Waals surface area contributed by atoms with Crippen molar-refractivity contribution >= 4 is 34.8 Å². The number of hydrogen-bond acceptors (Lipinski definition) is 8. The third-order valence-corrected chi connectivity index (χ3v) is 11.0. The summed E-state index contributed by atoms with van der Waals surface area (Å²) in [4.78, 5) is 38.0. The summed E-state index contributed by atoms with van der Waals surface area (Å²) < 4.78 is 13.4. The SMILES string of the molecule is O=C(N[C@H]1CC[C@H](Nc2ncc(Cl)c(-c3cccc(-c4ccc(F)cc4)c3)n2)CC1)C1CCN(C2CCN(c3ccc([N+](=O)[O-])cc3)CC2)CC1. The zero-order chi connectivity index (χ0) is 35.3. The van der Waals surface area contributed by atoms with Gasteiger partial charge in [0.2, 0.25) is 11.9 Å². The first-order valence-corrected chi connectivity index (χ1v) is 18.4. The molecule has 3 aromatic carbocycles. The van der Waals surface area contributed by atoms with Crippen LogP contribution in [0.3, 0.4) is 0 Å². The molecule has 2 N–H and O–H groups in total. The summed E-state index contributed by atoms with van der Waals surface area (Å²) in [5.74, 6) is 0.497. The Labute approximate surface area is 302 Å². The molecule has 51 heavy (non-hydrogen) atoms. The summed E-state index contributed by atoms with van der Waals surface area (Å²) >= 11 is 6.55. The molecule has 0 unspecified atom stereocenters. The van der Waals surface area contributed by atoms with Gasteiger partial charge in [-0.1, -0.05) is 41.9 Å². The highest BCUT2D eigenvalue weighted by Crippen LogP contribution is 2.32. The molecule has 7 rings (SSSR count). The molecular weight excluding hydrogens is 669 g/mol. The Hall–Kier alpha value is -4.61. The van der Waals surface area contributed by atoms with Crippen LogP contribution < -0.4 is 15.5 Å². The standard InChI is InChI=1S/C39H43ClFN7O3/c40-36-25-42-39(45-37(36)29-3-1-2-28(24-29)26-4-6-30(41)7-5-26)44-32-10-8-31(9-11-32)43-38(49)27-16-20-46(21-17-27)34-18-22-47(23-19-34)33-12-14-35(15-13-33)48(50)51/h1-7,12-15,24-25,27,31-32,34H,8-11,16-23H2,(H,43,49)(H,42,44,45)/t31-,32-. The van der Waals surface area contributed by atoms with Gasteiger partial charge in [0.25, 0.3) is 5.69 Å². The number of amides is 1. The van der Waals surface area contributed by atoms with E-state index in [1.165, 1.54) is 12.1 Å². The predicted molar refractivity (Wildman–Crippen MR) is 198 cm³/mol. The van der Waals surface area contributed by atoms with Gasteiger partial charge in [-0.2, -0.15) is 0 Å². The number of nitrogens with zero attached hydrogens (tertiary/aromatic N) is 5. The van der Waals surface area contributed by atoms with Gasteiger partial charge in [-0.3, -0.25) is 14.9 Å². The van der Waals surface area contributed by atoms with E-state index in [-0.39, 0.29) is 40.3 Å². The van der Waals surface area contributed by atoms with Crippen molar-refractivity contribution in [2.75, 3.05) is 36.4 Å². The van der Waals surface area contributed by atoms with Gasteiger partial charge in [-0.05, 0) is 106 Å². The predicted octanol–water partition coefficient (Wildman–Crippen LogP) is 7.73. The highest BCUT2D eigenvalue weighted by atomic mass is 35.5. The average Bonchev–Trinajstić information content (AvgIpc) is 3.17. The highest BCUT2D eigenvalue weighted by Gasteiger charge is 2.32. The number of aromatic nitrogens is 2. The average molecular weight is 712 g/mol. The molecule has 0 bridgehead atoms. The number of benzene rings is 3. The number of piperidine rings is 2. The molecule has 2 saturated heterocycles. The zero-order valence-corrected chi connectivity index (χ0v) is 29.3. The van der Waals surface area contributed by atoms with E-state index in [9.17, 15) is 19.3 Å². The molecule has 0 spiro atoms. The lowest BCUT2D eigenvalue weighted by atomic mass is 9.89. The molecule has 1 aliphatic carbocycles. The number of hydrogen-bond donors (Lipinski definition) is 2. The maximum absolute atomic E-state index is 13.4. The van der Waals surface area contributed by atoms with Crippen molar-refractivity contribution in [2.24, 2.45) is 5.92 Å². The van der Waals surface area contributed by atoms with E-state index in [2.05, 4.69) is 25.4 Å². The first-order valence-electron chi connectivity index (χ1n) is 18.0. The summed E-state index contributed by atoms with van der Waals surface area (Å²) in [5.41, 5.74) is 4.50. The van der Waals surface area contributed by atoms with Crippen LogP contribution in [0.1, 0.15) is 51.4 Å². The topological polar surface area (TPSA) is 117 Å². The Morgan fingerprint density at radius 3 is 2.18 bits per heavy atom. The van der Waals surface area contributed by atoms with E-state index >= 15 is 0 Å². The molecule has 0 radical (unpaired) electrons. The number of carbonyl (C=O) groups excluding carboxylic acids is 1. The molecule has 0 atom stereocenters. The van der Waals surface area contributed by atoms with Crippen molar-refractivity contribution in [2.45, 2.75) is 69.5 Å². The van der Waals surface area contributed by atoms with Crippen LogP contribution in [0.25, 0.3) is 22.4 Å². The maximum Gasteiger partial charge on any atom is 0.269 e. The Balaban J connectivity index is 0.846. The summed E-state index contributed by atoms with van der Waals surface area (Å²) in [6.07, 6.45) is 9.11. The van der Waals surface area contributed by atoms with E-state index in [0.717, 1.165) is 99.9 Å². The van der Waals surface area contributed by atoms with Gasteiger partial charge >= 0.3 is 0 Å². The van der Waals surface area contributed by atoms with E-state index in [1.807, 2.05) is 36.4 Å². The molecule has 12 heteroatoms. The summed E-state index contributed by atoms with van der Waals surface area (Å²) in [7, 11) is 0. The molecule has 3 fully saturated rings. The lowest BCUT2D eigenvalue weighted by molar-refractivity contribution is -0.384. The molecule has 2 aliphatic heterocycles. The fourth-order valence-corrected chi connectivity index (χ4v) is 8.01. The number of carbonyl (C=O) groups is 1. The second-order valence-electron chi connectivity index (χ2n) is 14.0. The van der Waals surface area contributed by atoms with Crippen molar-refractivity contribution in [3.8, 4) is 22.4 Å². The van der Waals surface area contributed by atoms with Crippen LogP contribution in [-0.2, 0) is 4.79 Å². The second kappa shape index (κ2) is 15.7. The monoisotopic (exact) mass is 711 g/mol. The van der Waals surface area contributed by atoms with Gasteiger partial charge < -0.3 is 20.4 Å². The minimum atomic E-state index is -0.363. The van der Waals surface area contributed by atoms with Gasteiger partial charge in [0.15, 0.2) is 0 Å². The Kier molecular flexibility index (Phi) is 10.7. The van der Waals surface area contributed by atoms with E-state index in [1.54, 1.807) is 30.5 Å². The largest absolute Gasteiger partial charge is 0.371 e. The fourth-order valence-electron chi connectivity index (χ4n) is 7.81. The fraction of sp³-hybridized carbons (Fsp3) is 0.410. The van der Waals surface area contributed by atoms with Gasteiger partial charge in [-0.25, -0.2) is 14.4 Å². The molecule has 1 saturated carbocycles. The maximum atomic E-state index is 13.4. The minimum absolute atomic E-state index is 0.0553. The number of likely N-dealkylation sites (tertiary alicyclic amines) is 1.